The Morgan fingerprint density at radius 1 is 1.10 bits per heavy atom. The van der Waals surface area contributed by atoms with Crippen LogP contribution in [-0.4, -0.2) is 12.6 Å². The van der Waals surface area contributed by atoms with E-state index in [0.717, 1.165) is 28.5 Å². The van der Waals surface area contributed by atoms with Crippen LogP contribution in [0.4, 0.5) is 0 Å². The van der Waals surface area contributed by atoms with E-state index in [-0.39, 0.29) is 0 Å². The molecule has 21 heavy (non-hydrogen) atoms. The molecule has 110 valence electrons. The van der Waals surface area contributed by atoms with Crippen molar-refractivity contribution in [2.75, 3.05) is 6.54 Å². The third kappa shape index (κ3) is 4.32. The second kappa shape index (κ2) is 6.95. The Kier molecular flexibility index (Phi) is 4.99. The molecular formula is C18H19BrClN. The average Bonchev–Trinajstić information content (AvgIpc) is 3.31. The van der Waals surface area contributed by atoms with Crippen LogP contribution in [0.15, 0.2) is 53.0 Å². The molecule has 1 fully saturated rings. The zero-order chi connectivity index (χ0) is 14.7. The molecule has 3 heteroatoms. The summed E-state index contributed by atoms with van der Waals surface area (Å²) in [5.41, 5.74) is 2.59. The molecule has 0 heterocycles. The lowest BCUT2D eigenvalue weighted by Crippen LogP contribution is -2.24. The Bertz CT molecular complexity index is 592. The largest absolute Gasteiger partial charge is 0.313 e. The van der Waals surface area contributed by atoms with E-state index in [4.69, 9.17) is 11.6 Å². The molecule has 1 aliphatic carbocycles. The van der Waals surface area contributed by atoms with Crippen LogP contribution in [0.2, 0.25) is 5.02 Å². The molecule has 1 N–H and O–H groups in total. The number of nitrogens with one attached hydrogen (secondary N) is 1. The fourth-order valence-electron chi connectivity index (χ4n) is 2.57. The summed E-state index contributed by atoms with van der Waals surface area (Å²) >= 11 is 9.84. The fourth-order valence-corrected chi connectivity index (χ4v) is 3.05. The first kappa shape index (κ1) is 15.1. The van der Waals surface area contributed by atoms with Gasteiger partial charge in [-0.3, -0.25) is 0 Å². The predicted octanol–water partition coefficient (Wildman–Crippen LogP) is 5.18. The smallest absolute Gasteiger partial charge is 0.0438 e. The van der Waals surface area contributed by atoms with Gasteiger partial charge in [0.05, 0.1) is 0 Å². The van der Waals surface area contributed by atoms with Gasteiger partial charge in [0, 0.05) is 28.0 Å². The van der Waals surface area contributed by atoms with Gasteiger partial charge in [0.15, 0.2) is 0 Å². The first-order valence-corrected chi connectivity index (χ1v) is 8.62. The standard InChI is InChI=1S/C18H19BrClN/c19-16-7-5-13(6-8-16)15(12-21-17-9-10-17)11-14-3-1-2-4-18(14)20/h1-8,15,17,21H,9-12H2. The molecule has 0 radical (unpaired) electrons. The summed E-state index contributed by atoms with van der Waals surface area (Å²) in [5.74, 6) is 0.457. The number of hydrogen-bond acceptors (Lipinski definition) is 1. The molecule has 1 unspecified atom stereocenters. The van der Waals surface area contributed by atoms with Crippen LogP contribution in [0.25, 0.3) is 0 Å². The van der Waals surface area contributed by atoms with Crippen LogP contribution in [-0.2, 0) is 6.42 Å². The summed E-state index contributed by atoms with van der Waals surface area (Å²) in [7, 11) is 0. The summed E-state index contributed by atoms with van der Waals surface area (Å²) < 4.78 is 1.12. The van der Waals surface area contributed by atoms with Gasteiger partial charge in [-0.2, -0.15) is 0 Å². The van der Waals surface area contributed by atoms with Gasteiger partial charge in [-0.25, -0.2) is 0 Å². The third-order valence-electron chi connectivity index (χ3n) is 4.00. The minimum absolute atomic E-state index is 0.457. The van der Waals surface area contributed by atoms with E-state index in [1.165, 1.54) is 24.0 Å². The van der Waals surface area contributed by atoms with Crippen molar-refractivity contribution in [3.63, 3.8) is 0 Å². The SMILES string of the molecule is Clc1ccccc1CC(CNC1CC1)c1ccc(Br)cc1. The maximum absolute atomic E-state index is 6.33. The summed E-state index contributed by atoms with van der Waals surface area (Å²) in [5, 5.41) is 4.52. The van der Waals surface area contributed by atoms with Gasteiger partial charge in [-0.05, 0) is 48.6 Å². The normalized spacial score (nSPS) is 15.9. The molecule has 0 aliphatic heterocycles. The van der Waals surface area contributed by atoms with Crippen LogP contribution < -0.4 is 5.32 Å². The maximum atomic E-state index is 6.33. The molecule has 0 amide bonds. The van der Waals surface area contributed by atoms with Crippen molar-refractivity contribution in [2.24, 2.45) is 0 Å². The summed E-state index contributed by atoms with van der Waals surface area (Å²) in [6.45, 7) is 1.01. The molecule has 1 nitrogen and oxygen atoms in total. The van der Waals surface area contributed by atoms with Crippen LogP contribution in [0.1, 0.15) is 29.9 Å². The summed E-state index contributed by atoms with van der Waals surface area (Å²) in [6.07, 6.45) is 3.61. The highest BCUT2D eigenvalue weighted by molar-refractivity contribution is 9.10. The molecule has 0 saturated heterocycles. The lowest BCUT2D eigenvalue weighted by Gasteiger charge is -2.19. The van der Waals surface area contributed by atoms with Gasteiger partial charge in [-0.15, -0.1) is 0 Å². The average molecular weight is 365 g/mol. The predicted molar refractivity (Wildman–Crippen MR) is 93.1 cm³/mol. The van der Waals surface area contributed by atoms with Crippen molar-refractivity contribution >= 4 is 27.5 Å². The van der Waals surface area contributed by atoms with Crippen LogP contribution in [0.5, 0.6) is 0 Å². The van der Waals surface area contributed by atoms with E-state index in [0.29, 0.717) is 5.92 Å². The number of hydrogen-bond donors (Lipinski definition) is 1. The van der Waals surface area contributed by atoms with Crippen molar-refractivity contribution in [3.8, 4) is 0 Å². The highest BCUT2D eigenvalue weighted by atomic mass is 79.9. The minimum atomic E-state index is 0.457. The first-order valence-electron chi connectivity index (χ1n) is 7.44. The van der Waals surface area contributed by atoms with Crippen LogP contribution in [0, 0.1) is 0 Å². The van der Waals surface area contributed by atoms with Gasteiger partial charge < -0.3 is 5.32 Å². The second-order valence-corrected chi connectivity index (χ2v) is 7.05. The van der Waals surface area contributed by atoms with Crippen LogP contribution >= 0.6 is 27.5 Å². The van der Waals surface area contributed by atoms with Crippen molar-refractivity contribution in [3.05, 3.63) is 69.2 Å². The quantitative estimate of drug-likeness (QED) is 0.744. The first-order chi connectivity index (χ1) is 10.2. The van der Waals surface area contributed by atoms with E-state index in [1.54, 1.807) is 0 Å². The molecule has 2 aromatic rings. The monoisotopic (exact) mass is 363 g/mol. The second-order valence-electron chi connectivity index (χ2n) is 5.73. The topological polar surface area (TPSA) is 12.0 Å². The Morgan fingerprint density at radius 2 is 1.81 bits per heavy atom. The summed E-state index contributed by atoms with van der Waals surface area (Å²) in [6, 6.07) is 17.5. The molecule has 3 rings (SSSR count). The molecule has 1 aliphatic rings. The Hall–Kier alpha value is -0.830. The van der Waals surface area contributed by atoms with Gasteiger partial charge in [0.25, 0.3) is 0 Å². The number of rotatable bonds is 6. The van der Waals surface area contributed by atoms with Gasteiger partial charge >= 0.3 is 0 Å². The lowest BCUT2D eigenvalue weighted by atomic mass is 9.92. The molecule has 2 aromatic carbocycles. The Morgan fingerprint density at radius 3 is 2.48 bits per heavy atom. The van der Waals surface area contributed by atoms with E-state index in [2.05, 4.69) is 57.6 Å². The maximum Gasteiger partial charge on any atom is 0.0438 e. The van der Waals surface area contributed by atoms with Gasteiger partial charge in [-0.1, -0.05) is 57.9 Å². The molecule has 0 bridgehead atoms. The zero-order valence-electron chi connectivity index (χ0n) is 11.9. The Balaban J connectivity index is 1.77. The van der Waals surface area contributed by atoms with E-state index in [1.807, 2.05) is 12.1 Å². The molecule has 1 atom stereocenters. The third-order valence-corrected chi connectivity index (χ3v) is 4.89. The van der Waals surface area contributed by atoms with Crippen LogP contribution in [0.3, 0.4) is 0 Å². The Labute approximate surface area is 139 Å². The zero-order valence-corrected chi connectivity index (χ0v) is 14.2. The van der Waals surface area contributed by atoms with E-state index < -0.39 is 0 Å². The van der Waals surface area contributed by atoms with Gasteiger partial charge in [0.2, 0.25) is 0 Å². The minimum Gasteiger partial charge on any atom is -0.313 e. The molecular weight excluding hydrogens is 346 g/mol. The molecule has 0 aromatic heterocycles. The summed E-state index contributed by atoms with van der Waals surface area (Å²) in [4.78, 5) is 0. The number of benzene rings is 2. The number of halogens is 2. The van der Waals surface area contributed by atoms with Crippen molar-refractivity contribution < 1.29 is 0 Å². The molecule has 0 spiro atoms. The van der Waals surface area contributed by atoms with Gasteiger partial charge in [0.1, 0.15) is 0 Å². The highest BCUT2D eigenvalue weighted by Crippen LogP contribution is 2.27. The van der Waals surface area contributed by atoms with E-state index in [9.17, 15) is 0 Å². The molecule has 1 saturated carbocycles. The lowest BCUT2D eigenvalue weighted by molar-refractivity contribution is 0.577. The fraction of sp³-hybridized carbons (Fsp3) is 0.333. The van der Waals surface area contributed by atoms with Crippen molar-refractivity contribution in [2.45, 2.75) is 31.2 Å². The van der Waals surface area contributed by atoms with Crippen molar-refractivity contribution in [1.29, 1.82) is 0 Å². The highest BCUT2D eigenvalue weighted by Gasteiger charge is 2.23. The van der Waals surface area contributed by atoms with E-state index >= 15 is 0 Å². The van der Waals surface area contributed by atoms with Crippen molar-refractivity contribution in [1.82, 2.24) is 5.32 Å².